The molecular weight excluding hydrogens is 356 g/mol. The number of nitrogens with zero attached hydrogens (tertiary/aromatic N) is 2. The van der Waals surface area contributed by atoms with E-state index in [4.69, 9.17) is 11.6 Å². The molecule has 0 bridgehead atoms. The van der Waals surface area contributed by atoms with Gasteiger partial charge in [-0.1, -0.05) is 11.6 Å². The van der Waals surface area contributed by atoms with Crippen LogP contribution in [0.1, 0.15) is 19.3 Å². The fourth-order valence-corrected chi connectivity index (χ4v) is 3.80. The number of thioether (sulfide) groups is 1. The number of carbonyl (C=O) groups excluding carboxylic acids is 1. The van der Waals surface area contributed by atoms with Gasteiger partial charge in [-0.2, -0.15) is 0 Å². The number of rotatable bonds is 6. The number of nitrogens with one attached hydrogen (secondary N) is 2. The second-order valence-electron chi connectivity index (χ2n) is 6.08. The van der Waals surface area contributed by atoms with Crippen LogP contribution in [0.15, 0.2) is 34.2 Å². The van der Waals surface area contributed by atoms with E-state index in [0.29, 0.717) is 12.3 Å². The summed E-state index contributed by atoms with van der Waals surface area (Å²) in [4.78, 5) is 19.4. The van der Waals surface area contributed by atoms with Crippen molar-refractivity contribution < 1.29 is 4.79 Å². The minimum Gasteiger partial charge on any atom is -0.359 e. The van der Waals surface area contributed by atoms with Gasteiger partial charge in [0.25, 0.3) is 0 Å². The third-order valence-corrected chi connectivity index (χ3v) is 5.61. The van der Waals surface area contributed by atoms with Crippen molar-refractivity contribution in [1.82, 2.24) is 15.5 Å². The molecule has 0 spiro atoms. The van der Waals surface area contributed by atoms with Gasteiger partial charge in [-0.3, -0.25) is 9.79 Å². The Morgan fingerprint density at radius 1 is 1.32 bits per heavy atom. The van der Waals surface area contributed by atoms with Crippen LogP contribution in [0.4, 0.5) is 0 Å². The zero-order valence-corrected chi connectivity index (χ0v) is 16.5. The van der Waals surface area contributed by atoms with E-state index in [1.807, 2.05) is 31.3 Å². The molecule has 0 radical (unpaired) electrons. The van der Waals surface area contributed by atoms with Gasteiger partial charge >= 0.3 is 0 Å². The van der Waals surface area contributed by atoms with E-state index in [1.54, 1.807) is 18.8 Å². The van der Waals surface area contributed by atoms with Crippen molar-refractivity contribution in [2.75, 3.05) is 39.5 Å². The molecule has 1 aromatic rings. The molecule has 1 saturated heterocycles. The Bertz CT molecular complexity index is 571. The summed E-state index contributed by atoms with van der Waals surface area (Å²) >= 11 is 7.70. The Balaban J connectivity index is 1.68. The number of hydrogen-bond acceptors (Lipinski definition) is 3. The molecule has 1 aromatic carbocycles. The van der Waals surface area contributed by atoms with Crippen LogP contribution in [-0.4, -0.2) is 56.2 Å². The molecular formula is C18H27ClN4OS. The molecule has 0 aromatic heterocycles. The molecule has 25 heavy (non-hydrogen) atoms. The van der Waals surface area contributed by atoms with E-state index in [-0.39, 0.29) is 5.91 Å². The Morgan fingerprint density at radius 2 is 2.00 bits per heavy atom. The van der Waals surface area contributed by atoms with Crippen molar-refractivity contribution in [2.45, 2.75) is 24.2 Å². The van der Waals surface area contributed by atoms with E-state index in [1.165, 1.54) is 4.90 Å². The largest absolute Gasteiger partial charge is 0.359 e. The third kappa shape index (κ3) is 6.78. The van der Waals surface area contributed by atoms with Crippen LogP contribution in [0.2, 0.25) is 5.02 Å². The lowest BCUT2D eigenvalue weighted by Crippen LogP contribution is -2.46. The molecule has 2 rings (SSSR count). The fourth-order valence-electron chi connectivity index (χ4n) is 2.91. The first-order chi connectivity index (χ1) is 12.1. The van der Waals surface area contributed by atoms with Crippen LogP contribution in [-0.2, 0) is 4.79 Å². The normalized spacial score (nSPS) is 16.0. The molecule has 0 atom stereocenters. The van der Waals surface area contributed by atoms with Crippen molar-refractivity contribution in [1.29, 1.82) is 0 Å². The highest BCUT2D eigenvalue weighted by atomic mass is 35.5. The maximum Gasteiger partial charge on any atom is 0.220 e. The lowest BCUT2D eigenvalue weighted by Gasteiger charge is -2.34. The van der Waals surface area contributed by atoms with Gasteiger partial charge in [0.15, 0.2) is 5.96 Å². The molecule has 2 N–H and O–H groups in total. The van der Waals surface area contributed by atoms with Gasteiger partial charge in [0.1, 0.15) is 0 Å². The van der Waals surface area contributed by atoms with Crippen molar-refractivity contribution in [2.24, 2.45) is 10.9 Å². The number of benzene rings is 1. The molecule has 1 fully saturated rings. The number of aliphatic imine (C=N–C) groups is 1. The predicted octanol–water partition coefficient (Wildman–Crippen LogP) is 2.86. The highest BCUT2D eigenvalue weighted by Gasteiger charge is 2.22. The molecule has 5 nitrogen and oxygen atoms in total. The summed E-state index contributed by atoms with van der Waals surface area (Å²) < 4.78 is 0. The lowest BCUT2D eigenvalue weighted by atomic mass is 9.93. The number of piperidine rings is 1. The zero-order valence-electron chi connectivity index (χ0n) is 14.9. The van der Waals surface area contributed by atoms with Crippen LogP contribution in [0.3, 0.4) is 0 Å². The summed E-state index contributed by atoms with van der Waals surface area (Å²) in [6, 6.07) is 7.91. The topological polar surface area (TPSA) is 56.7 Å². The Morgan fingerprint density at radius 3 is 2.60 bits per heavy atom. The smallest absolute Gasteiger partial charge is 0.220 e. The van der Waals surface area contributed by atoms with E-state index in [0.717, 1.165) is 49.2 Å². The number of hydrogen-bond donors (Lipinski definition) is 2. The summed E-state index contributed by atoms with van der Waals surface area (Å²) in [5.74, 6) is 2.54. The molecule has 138 valence electrons. The first-order valence-corrected chi connectivity index (χ1v) is 10.0. The summed E-state index contributed by atoms with van der Waals surface area (Å²) in [7, 11) is 3.52. The fraction of sp³-hybridized carbons (Fsp3) is 0.556. The molecule has 1 amide bonds. The van der Waals surface area contributed by atoms with Crippen molar-refractivity contribution in [3.05, 3.63) is 29.3 Å². The van der Waals surface area contributed by atoms with Gasteiger partial charge in [-0.15, -0.1) is 11.8 Å². The summed E-state index contributed by atoms with van der Waals surface area (Å²) in [6.07, 6.45) is 2.70. The number of carbonyl (C=O) groups is 1. The van der Waals surface area contributed by atoms with Gasteiger partial charge in [-0.05, 0) is 43.0 Å². The number of amides is 1. The molecule has 1 aliphatic rings. The maximum atomic E-state index is 11.5. The molecule has 0 unspecified atom stereocenters. The van der Waals surface area contributed by atoms with Crippen molar-refractivity contribution in [3.63, 3.8) is 0 Å². The first-order valence-electron chi connectivity index (χ1n) is 8.67. The number of likely N-dealkylation sites (tertiary alicyclic amines) is 1. The predicted molar refractivity (Wildman–Crippen MR) is 107 cm³/mol. The second kappa shape index (κ2) is 10.6. The SMILES string of the molecule is CN=C(NCCSc1ccc(Cl)cc1)N1CCC(CC(=O)NC)CC1. The van der Waals surface area contributed by atoms with Gasteiger partial charge in [0.05, 0.1) is 0 Å². The minimum atomic E-state index is 0.139. The Hall–Kier alpha value is -1.40. The Labute approximate surface area is 159 Å². The summed E-state index contributed by atoms with van der Waals surface area (Å²) in [6.45, 7) is 2.76. The summed E-state index contributed by atoms with van der Waals surface area (Å²) in [5, 5.41) is 6.91. The monoisotopic (exact) mass is 382 g/mol. The average Bonchev–Trinajstić information content (AvgIpc) is 2.64. The van der Waals surface area contributed by atoms with Crippen LogP contribution < -0.4 is 10.6 Å². The minimum absolute atomic E-state index is 0.139. The Kier molecular flexibility index (Phi) is 8.41. The van der Waals surface area contributed by atoms with Gasteiger partial charge in [0.2, 0.25) is 5.91 Å². The van der Waals surface area contributed by atoms with E-state index >= 15 is 0 Å². The van der Waals surface area contributed by atoms with Crippen LogP contribution in [0, 0.1) is 5.92 Å². The van der Waals surface area contributed by atoms with Crippen molar-refractivity contribution in [3.8, 4) is 0 Å². The molecule has 0 saturated carbocycles. The average molecular weight is 383 g/mol. The highest BCUT2D eigenvalue weighted by molar-refractivity contribution is 7.99. The molecule has 7 heteroatoms. The number of guanidine groups is 1. The van der Waals surface area contributed by atoms with Crippen LogP contribution in [0.5, 0.6) is 0 Å². The van der Waals surface area contributed by atoms with Crippen molar-refractivity contribution >= 4 is 35.2 Å². The maximum absolute atomic E-state index is 11.5. The molecule has 1 aliphatic heterocycles. The zero-order chi connectivity index (χ0) is 18.1. The third-order valence-electron chi connectivity index (χ3n) is 4.35. The number of halogens is 1. The highest BCUT2D eigenvalue weighted by Crippen LogP contribution is 2.21. The van der Waals surface area contributed by atoms with Gasteiger partial charge in [0, 0.05) is 55.8 Å². The van der Waals surface area contributed by atoms with E-state index in [9.17, 15) is 4.79 Å². The second-order valence-corrected chi connectivity index (χ2v) is 7.69. The first kappa shape index (κ1) is 19.9. The van der Waals surface area contributed by atoms with Gasteiger partial charge < -0.3 is 15.5 Å². The van der Waals surface area contributed by atoms with E-state index in [2.05, 4.69) is 20.5 Å². The standard InChI is InChI=1S/C18H27ClN4OS/c1-20-17(24)13-14-7-10-23(11-8-14)18(21-2)22-9-12-25-16-5-3-15(19)4-6-16/h3-6,14H,7-13H2,1-2H3,(H,20,24)(H,21,22). The van der Waals surface area contributed by atoms with Crippen LogP contribution >= 0.6 is 23.4 Å². The van der Waals surface area contributed by atoms with Gasteiger partial charge in [-0.25, -0.2) is 0 Å². The lowest BCUT2D eigenvalue weighted by molar-refractivity contribution is -0.121. The molecule has 1 heterocycles. The quantitative estimate of drug-likeness (QED) is 0.344. The molecule has 0 aliphatic carbocycles. The van der Waals surface area contributed by atoms with Crippen LogP contribution in [0.25, 0.3) is 0 Å². The van der Waals surface area contributed by atoms with E-state index < -0.39 is 0 Å². The summed E-state index contributed by atoms with van der Waals surface area (Å²) in [5.41, 5.74) is 0.